The molecule has 0 unspecified atom stereocenters. The van der Waals surface area contributed by atoms with E-state index < -0.39 is 5.54 Å². The van der Waals surface area contributed by atoms with Gasteiger partial charge in [-0.05, 0) is 6.42 Å². The van der Waals surface area contributed by atoms with Crippen molar-refractivity contribution < 1.29 is 10.2 Å². The Labute approximate surface area is 98.5 Å². The van der Waals surface area contributed by atoms with E-state index in [1.165, 1.54) is 6.20 Å². The lowest BCUT2D eigenvalue weighted by atomic mass is 9.98. The van der Waals surface area contributed by atoms with E-state index in [1.54, 1.807) is 0 Å². The number of aromatic nitrogens is 2. The van der Waals surface area contributed by atoms with E-state index in [-0.39, 0.29) is 24.2 Å². The van der Waals surface area contributed by atoms with Crippen molar-refractivity contribution in [2.45, 2.75) is 18.9 Å². The average Bonchev–Trinajstić information content (AvgIpc) is 2.31. The number of nitrogens with two attached hydrogens (primary N) is 1. The van der Waals surface area contributed by atoms with Crippen molar-refractivity contribution >= 4 is 23.4 Å². The second-order valence-corrected chi connectivity index (χ2v) is 3.91. The monoisotopic (exact) mass is 246 g/mol. The predicted octanol–water partition coefficient (Wildman–Crippen LogP) is 0.258. The van der Waals surface area contributed by atoms with Gasteiger partial charge in [0.25, 0.3) is 0 Å². The van der Waals surface area contributed by atoms with Gasteiger partial charge in [0, 0.05) is 0 Å². The van der Waals surface area contributed by atoms with E-state index in [0.29, 0.717) is 12.2 Å². The van der Waals surface area contributed by atoms with Gasteiger partial charge in [-0.2, -0.15) is 4.98 Å². The Morgan fingerprint density at radius 2 is 2.12 bits per heavy atom. The molecular formula is C9H15ClN4O2. The van der Waals surface area contributed by atoms with Gasteiger partial charge < -0.3 is 21.3 Å². The first kappa shape index (κ1) is 13.0. The largest absolute Gasteiger partial charge is 0.394 e. The number of aliphatic hydroxyl groups excluding tert-OH is 2. The normalized spacial score (nSPS) is 11.5. The fourth-order valence-corrected chi connectivity index (χ4v) is 1.30. The van der Waals surface area contributed by atoms with Gasteiger partial charge in [0.2, 0.25) is 5.95 Å². The molecule has 0 aliphatic heterocycles. The Bertz CT molecular complexity index is 349. The summed E-state index contributed by atoms with van der Waals surface area (Å²) in [5.41, 5.74) is 4.57. The maximum Gasteiger partial charge on any atom is 0.222 e. The topological polar surface area (TPSA) is 104 Å². The van der Waals surface area contributed by atoms with Crippen LogP contribution in [-0.2, 0) is 0 Å². The highest BCUT2D eigenvalue weighted by atomic mass is 35.5. The third-order valence-corrected chi connectivity index (χ3v) is 2.71. The first-order valence-corrected chi connectivity index (χ1v) is 5.22. The van der Waals surface area contributed by atoms with Crippen molar-refractivity contribution in [3.8, 4) is 0 Å². The lowest BCUT2D eigenvalue weighted by molar-refractivity contribution is 0.132. The molecule has 0 aromatic carbocycles. The maximum absolute atomic E-state index is 9.26. The van der Waals surface area contributed by atoms with Crippen LogP contribution in [0.2, 0.25) is 5.02 Å². The van der Waals surface area contributed by atoms with E-state index in [9.17, 15) is 10.2 Å². The molecule has 7 heteroatoms. The summed E-state index contributed by atoms with van der Waals surface area (Å²) >= 11 is 5.87. The van der Waals surface area contributed by atoms with Crippen molar-refractivity contribution in [3.63, 3.8) is 0 Å². The summed E-state index contributed by atoms with van der Waals surface area (Å²) in [6.45, 7) is 1.36. The second kappa shape index (κ2) is 5.29. The van der Waals surface area contributed by atoms with Crippen LogP contribution in [-0.4, -0.2) is 38.9 Å². The van der Waals surface area contributed by atoms with Crippen LogP contribution in [0.5, 0.6) is 0 Å². The standard InChI is InChI=1S/C9H15ClN4O2/c1-2-9(4-15,5-16)14-7-6(10)3-12-8(11)13-7/h3,15-16H,2,4-5H2,1H3,(H3,11,12,13,14). The summed E-state index contributed by atoms with van der Waals surface area (Å²) in [6, 6.07) is 0. The van der Waals surface area contributed by atoms with E-state index in [2.05, 4.69) is 15.3 Å². The first-order valence-electron chi connectivity index (χ1n) is 4.85. The first-order chi connectivity index (χ1) is 7.56. The quantitative estimate of drug-likeness (QED) is 0.594. The van der Waals surface area contributed by atoms with Crippen molar-refractivity contribution in [2.24, 2.45) is 0 Å². The van der Waals surface area contributed by atoms with Gasteiger partial charge in [0.1, 0.15) is 5.02 Å². The summed E-state index contributed by atoms with van der Waals surface area (Å²) < 4.78 is 0. The molecule has 1 aromatic heterocycles. The van der Waals surface area contributed by atoms with Crippen LogP contribution in [0.3, 0.4) is 0 Å². The minimum atomic E-state index is -0.857. The number of nitrogen functional groups attached to an aromatic ring is 1. The second-order valence-electron chi connectivity index (χ2n) is 3.50. The van der Waals surface area contributed by atoms with E-state index in [1.807, 2.05) is 6.92 Å². The molecule has 0 saturated carbocycles. The van der Waals surface area contributed by atoms with Gasteiger partial charge in [-0.3, -0.25) is 0 Å². The highest BCUT2D eigenvalue weighted by molar-refractivity contribution is 6.32. The van der Waals surface area contributed by atoms with Crippen LogP contribution in [0.1, 0.15) is 13.3 Å². The molecule has 0 atom stereocenters. The van der Waals surface area contributed by atoms with Crippen LogP contribution < -0.4 is 11.1 Å². The summed E-state index contributed by atoms with van der Waals surface area (Å²) in [4.78, 5) is 7.62. The van der Waals surface area contributed by atoms with Gasteiger partial charge in [-0.1, -0.05) is 18.5 Å². The third-order valence-electron chi connectivity index (χ3n) is 2.43. The Balaban J connectivity index is 2.97. The lowest BCUT2D eigenvalue weighted by Crippen LogP contribution is -2.45. The SMILES string of the molecule is CCC(CO)(CO)Nc1nc(N)ncc1Cl. The maximum atomic E-state index is 9.26. The molecule has 0 saturated heterocycles. The van der Waals surface area contributed by atoms with Crippen molar-refractivity contribution in [3.05, 3.63) is 11.2 Å². The smallest absolute Gasteiger partial charge is 0.222 e. The van der Waals surface area contributed by atoms with Gasteiger partial charge >= 0.3 is 0 Å². The minimum absolute atomic E-state index is 0.0767. The number of hydrogen-bond acceptors (Lipinski definition) is 6. The van der Waals surface area contributed by atoms with E-state index in [4.69, 9.17) is 17.3 Å². The third kappa shape index (κ3) is 2.72. The fraction of sp³-hybridized carbons (Fsp3) is 0.556. The number of halogens is 1. The molecule has 1 heterocycles. The summed E-state index contributed by atoms with van der Waals surface area (Å²) in [5.74, 6) is 0.381. The number of nitrogens with zero attached hydrogens (tertiary/aromatic N) is 2. The Morgan fingerprint density at radius 1 is 1.50 bits per heavy atom. The zero-order valence-electron chi connectivity index (χ0n) is 8.94. The van der Waals surface area contributed by atoms with Crippen LogP contribution in [0.4, 0.5) is 11.8 Å². The molecule has 1 rings (SSSR count). The molecule has 90 valence electrons. The molecule has 16 heavy (non-hydrogen) atoms. The summed E-state index contributed by atoms with van der Waals surface area (Å²) in [6.07, 6.45) is 1.88. The average molecular weight is 247 g/mol. The molecule has 0 radical (unpaired) electrons. The van der Waals surface area contributed by atoms with Gasteiger partial charge in [-0.25, -0.2) is 4.98 Å². The van der Waals surface area contributed by atoms with Gasteiger partial charge in [-0.15, -0.1) is 0 Å². The number of rotatable bonds is 5. The van der Waals surface area contributed by atoms with Crippen molar-refractivity contribution in [1.29, 1.82) is 0 Å². The molecule has 0 fully saturated rings. The van der Waals surface area contributed by atoms with Crippen LogP contribution >= 0.6 is 11.6 Å². The van der Waals surface area contributed by atoms with Crippen LogP contribution in [0, 0.1) is 0 Å². The molecule has 5 N–H and O–H groups in total. The predicted molar refractivity (Wildman–Crippen MR) is 62.3 cm³/mol. The lowest BCUT2D eigenvalue weighted by Gasteiger charge is -2.30. The highest BCUT2D eigenvalue weighted by Gasteiger charge is 2.27. The van der Waals surface area contributed by atoms with Crippen molar-refractivity contribution in [1.82, 2.24) is 9.97 Å². The number of hydrogen-bond donors (Lipinski definition) is 4. The van der Waals surface area contributed by atoms with Crippen LogP contribution in [0.15, 0.2) is 6.20 Å². The van der Waals surface area contributed by atoms with Gasteiger partial charge in [0.15, 0.2) is 5.82 Å². The number of aliphatic hydroxyl groups is 2. The van der Waals surface area contributed by atoms with Crippen molar-refractivity contribution in [2.75, 3.05) is 24.3 Å². The molecule has 0 amide bonds. The summed E-state index contributed by atoms with van der Waals surface area (Å²) in [5, 5.41) is 21.7. The molecule has 1 aromatic rings. The highest BCUT2D eigenvalue weighted by Crippen LogP contribution is 2.23. The Morgan fingerprint density at radius 3 is 2.62 bits per heavy atom. The Kier molecular flexibility index (Phi) is 4.28. The van der Waals surface area contributed by atoms with E-state index >= 15 is 0 Å². The molecular weight excluding hydrogens is 232 g/mol. The molecule has 0 bridgehead atoms. The molecule has 0 spiro atoms. The minimum Gasteiger partial charge on any atom is -0.394 e. The zero-order valence-corrected chi connectivity index (χ0v) is 9.70. The molecule has 0 aliphatic carbocycles. The van der Waals surface area contributed by atoms with E-state index in [0.717, 1.165) is 0 Å². The number of nitrogens with one attached hydrogen (secondary N) is 1. The Hall–Kier alpha value is -1.11. The van der Waals surface area contributed by atoms with Crippen LogP contribution in [0.25, 0.3) is 0 Å². The molecule has 0 aliphatic rings. The summed E-state index contributed by atoms with van der Waals surface area (Å²) in [7, 11) is 0. The van der Waals surface area contributed by atoms with Gasteiger partial charge in [0.05, 0.1) is 24.9 Å². The number of anilines is 2. The molecule has 6 nitrogen and oxygen atoms in total. The zero-order chi connectivity index (χ0) is 12.2. The fourth-order valence-electron chi connectivity index (χ4n) is 1.16.